The van der Waals surface area contributed by atoms with Crippen LogP contribution < -0.4 is 10.1 Å². The molecule has 1 saturated heterocycles. The fourth-order valence-corrected chi connectivity index (χ4v) is 2.91. The minimum absolute atomic E-state index is 0.144. The number of carbonyl (C=O) groups is 2. The van der Waals surface area contributed by atoms with Gasteiger partial charge in [0.1, 0.15) is 12.4 Å². The fraction of sp³-hybridized carbons (Fsp3) is 0.364. The van der Waals surface area contributed by atoms with Crippen molar-refractivity contribution in [2.75, 3.05) is 26.4 Å². The molecule has 0 aromatic heterocycles. The van der Waals surface area contributed by atoms with Gasteiger partial charge in [0.05, 0.1) is 11.7 Å². The molecule has 0 spiro atoms. The first-order chi connectivity index (χ1) is 13.7. The number of nitrogens with one attached hydrogen (secondary N) is 1. The summed E-state index contributed by atoms with van der Waals surface area (Å²) in [7, 11) is 0. The number of hydrogen-bond acceptors (Lipinski definition) is 5. The number of esters is 1. The number of carbonyl (C=O) groups excluding carboxylic acids is 2. The van der Waals surface area contributed by atoms with Crippen molar-refractivity contribution in [1.29, 1.82) is 0 Å². The average molecular weight is 383 g/mol. The molecule has 1 aliphatic rings. The Hall–Kier alpha value is -2.86. The molecule has 1 aliphatic heterocycles. The predicted molar refractivity (Wildman–Crippen MR) is 104 cm³/mol. The van der Waals surface area contributed by atoms with Gasteiger partial charge in [-0.1, -0.05) is 30.3 Å². The Morgan fingerprint density at radius 1 is 1.07 bits per heavy atom. The zero-order valence-corrected chi connectivity index (χ0v) is 15.8. The third kappa shape index (κ3) is 6.39. The molecule has 6 nitrogen and oxygen atoms in total. The highest BCUT2D eigenvalue weighted by Gasteiger charge is 2.16. The van der Waals surface area contributed by atoms with Crippen LogP contribution in [0, 0.1) is 0 Å². The molecule has 1 fully saturated rings. The molecular formula is C22H25NO5. The quantitative estimate of drug-likeness (QED) is 0.674. The fourth-order valence-electron chi connectivity index (χ4n) is 2.91. The first-order valence-electron chi connectivity index (χ1n) is 9.53. The third-order valence-corrected chi connectivity index (χ3v) is 4.46. The van der Waals surface area contributed by atoms with Crippen LogP contribution in [-0.2, 0) is 20.7 Å². The topological polar surface area (TPSA) is 73.9 Å². The maximum absolute atomic E-state index is 12.1. The molecule has 2 aromatic rings. The summed E-state index contributed by atoms with van der Waals surface area (Å²) in [5.74, 6) is -0.185. The lowest BCUT2D eigenvalue weighted by Gasteiger charge is -2.11. The van der Waals surface area contributed by atoms with Crippen molar-refractivity contribution in [3.05, 3.63) is 65.7 Å². The van der Waals surface area contributed by atoms with E-state index in [4.69, 9.17) is 14.2 Å². The van der Waals surface area contributed by atoms with E-state index in [-0.39, 0.29) is 18.6 Å². The van der Waals surface area contributed by atoms with E-state index in [1.807, 2.05) is 30.3 Å². The Labute approximate surface area is 164 Å². The first kappa shape index (κ1) is 19.9. The van der Waals surface area contributed by atoms with Gasteiger partial charge in [-0.2, -0.15) is 0 Å². The summed E-state index contributed by atoms with van der Waals surface area (Å²) >= 11 is 0. The number of rotatable bonds is 9. The van der Waals surface area contributed by atoms with Gasteiger partial charge in [-0.3, -0.25) is 4.79 Å². The SMILES string of the molecule is O=C(COC(=O)c1ccc(OC[C@@H]2CCCO2)cc1)NCCc1ccccc1. The normalized spacial score (nSPS) is 15.8. The molecule has 1 atom stereocenters. The standard InChI is InChI=1S/C22H25NO5/c24-21(23-13-12-17-5-2-1-3-6-17)16-28-22(25)18-8-10-19(11-9-18)27-15-20-7-4-14-26-20/h1-3,5-6,8-11,20H,4,7,12-16H2,(H,23,24)/t20-/m0/s1. The van der Waals surface area contributed by atoms with E-state index >= 15 is 0 Å². The van der Waals surface area contributed by atoms with Gasteiger partial charge >= 0.3 is 5.97 Å². The Bertz CT molecular complexity index is 754. The van der Waals surface area contributed by atoms with Crippen molar-refractivity contribution < 1.29 is 23.8 Å². The second-order valence-corrected chi connectivity index (χ2v) is 6.63. The van der Waals surface area contributed by atoms with Crippen LogP contribution in [0.1, 0.15) is 28.8 Å². The monoisotopic (exact) mass is 383 g/mol. The predicted octanol–water partition coefficient (Wildman–Crippen LogP) is 2.76. The summed E-state index contributed by atoms with van der Waals surface area (Å²) in [6.45, 7) is 1.49. The van der Waals surface area contributed by atoms with Gasteiger partial charge in [0.25, 0.3) is 5.91 Å². The van der Waals surface area contributed by atoms with Gasteiger partial charge in [0, 0.05) is 13.2 Å². The minimum Gasteiger partial charge on any atom is -0.491 e. The van der Waals surface area contributed by atoms with Crippen LogP contribution in [0.2, 0.25) is 0 Å². The van der Waals surface area contributed by atoms with E-state index in [1.165, 1.54) is 0 Å². The van der Waals surface area contributed by atoms with Crippen LogP contribution in [0.5, 0.6) is 5.75 Å². The lowest BCUT2D eigenvalue weighted by atomic mass is 10.1. The number of hydrogen-bond donors (Lipinski definition) is 1. The van der Waals surface area contributed by atoms with E-state index in [0.717, 1.165) is 31.4 Å². The van der Waals surface area contributed by atoms with Gasteiger partial charge in [-0.25, -0.2) is 4.79 Å². The molecule has 0 aliphatic carbocycles. The van der Waals surface area contributed by atoms with Crippen LogP contribution in [0.25, 0.3) is 0 Å². The number of amides is 1. The van der Waals surface area contributed by atoms with Crippen LogP contribution in [0.3, 0.4) is 0 Å². The molecule has 1 N–H and O–H groups in total. The van der Waals surface area contributed by atoms with Crippen molar-refractivity contribution in [2.45, 2.75) is 25.4 Å². The highest BCUT2D eigenvalue weighted by molar-refractivity contribution is 5.91. The largest absolute Gasteiger partial charge is 0.491 e. The number of benzene rings is 2. The molecule has 1 amide bonds. The summed E-state index contributed by atoms with van der Waals surface area (Å²) < 4.78 is 16.2. The smallest absolute Gasteiger partial charge is 0.338 e. The van der Waals surface area contributed by atoms with Crippen molar-refractivity contribution in [1.82, 2.24) is 5.32 Å². The van der Waals surface area contributed by atoms with E-state index in [0.29, 0.717) is 24.5 Å². The van der Waals surface area contributed by atoms with Crippen LogP contribution >= 0.6 is 0 Å². The Balaban J connectivity index is 1.35. The van der Waals surface area contributed by atoms with Crippen LogP contribution in [0.15, 0.2) is 54.6 Å². The first-order valence-corrected chi connectivity index (χ1v) is 9.53. The van der Waals surface area contributed by atoms with E-state index in [2.05, 4.69) is 5.32 Å². The lowest BCUT2D eigenvalue weighted by Crippen LogP contribution is -2.30. The third-order valence-electron chi connectivity index (χ3n) is 4.46. The summed E-state index contributed by atoms with van der Waals surface area (Å²) in [5, 5.41) is 2.74. The second kappa shape index (κ2) is 10.5. The summed E-state index contributed by atoms with van der Waals surface area (Å²) in [4.78, 5) is 23.9. The van der Waals surface area contributed by atoms with Gasteiger partial charge in [0.15, 0.2) is 6.61 Å². The average Bonchev–Trinajstić information content (AvgIpc) is 3.25. The van der Waals surface area contributed by atoms with Gasteiger partial charge in [-0.15, -0.1) is 0 Å². The highest BCUT2D eigenvalue weighted by atomic mass is 16.5. The van der Waals surface area contributed by atoms with Crippen molar-refractivity contribution in [2.24, 2.45) is 0 Å². The van der Waals surface area contributed by atoms with E-state index < -0.39 is 5.97 Å². The maximum atomic E-state index is 12.1. The molecule has 28 heavy (non-hydrogen) atoms. The van der Waals surface area contributed by atoms with Crippen LogP contribution in [0.4, 0.5) is 0 Å². The Morgan fingerprint density at radius 2 is 1.86 bits per heavy atom. The second-order valence-electron chi connectivity index (χ2n) is 6.63. The molecule has 1 heterocycles. The Morgan fingerprint density at radius 3 is 2.57 bits per heavy atom. The van der Waals surface area contributed by atoms with Crippen molar-refractivity contribution >= 4 is 11.9 Å². The van der Waals surface area contributed by atoms with Gasteiger partial charge < -0.3 is 19.5 Å². The molecule has 3 rings (SSSR count). The maximum Gasteiger partial charge on any atom is 0.338 e. The highest BCUT2D eigenvalue weighted by Crippen LogP contribution is 2.17. The lowest BCUT2D eigenvalue weighted by molar-refractivity contribution is -0.124. The molecule has 148 valence electrons. The van der Waals surface area contributed by atoms with Gasteiger partial charge in [0.2, 0.25) is 0 Å². The van der Waals surface area contributed by atoms with Crippen LogP contribution in [-0.4, -0.2) is 44.3 Å². The summed E-state index contributed by atoms with van der Waals surface area (Å²) in [6.07, 6.45) is 2.95. The Kier molecular flexibility index (Phi) is 7.44. The number of ether oxygens (including phenoxy) is 3. The summed E-state index contributed by atoms with van der Waals surface area (Å²) in [6, 6.07) is 16.5. The zero-order chi connectivity index (χ0) is 19.6. The molecule has 2 aromatic carbocycles. The van der Waals surface area contributed by atoms with Crippen molar-refractivity contribution in [3.8, 4) is 5.75 Å². The molecule has 0 saturated carbocycles. The molecule has 0 unspecified atom stereocenters. The molecule has 6 heteroatoms. The van der Waals surface area contributed by atoms with E-state index in [9.17, 15) is 9.59 Å². The summed E-state index contributed by atoms with van der Waals surface area (Å²) in [5.41, 5.74) is 1.52. The molecule has 0 radical (unpaired) electrons. The molecule has 0 bridgehead atoms. The van der Waals surface area contributed by atoms with Gasteiger partial charge in [-0.05, 0) is 49.1 Å². The zero-order valence-electron chi connectivity index (χ0n) is 15.8. The van der Waals surface area contributed by atoms with E-state index in [1.54, 1.807) is 24.3 Å². The molecular weight excluding hydrogens is 358 g/mol. The minimum atomic E-state index is -0.538. The van der Waals surface area contributed by atoms with Crippen molar-refractivity contribution in [3.63, 3.8) is 0 Å².